The van der Waals surface area contributed by atoms with E-state index < -0.39 is 5.82 Å². The summed E-state index contributed by atoms with van der Waals surface area (Å²) < 4.78 is 26.1. The first-order valence-electron chi connectivity index (χ1n) is 14.0. The lowest BCUT2D eigenvalue weighted by atomic mass is 9.61. The van der Waals surface area contributed by atoms with Gasteiger partial charge in [0.1, 0.15) is 29.7 Å². The van der Waals surface area contributed by atoms with E-state index in [-0.39, 0.29) is 22.8 Å². The third-order valence-electron chi connectivity index (χ3n) is 8.75. The predicted molar refractivity (Wildman–Crippen MR) is 146 cm³/mol. The van der Waals surface area contributed by atoms with Crippen LogP contribution in [-0.2, 0) is 13.0 Å². The van der Waals surface area contributed by atoms with Crippen molar-refractivity contribution in [3.05, 3.63) is 65.6 Å². The minimum absolute atomic E-state index is 0.144. The molecule has 0 N–H and O–H groups in total. The molecule has 2 saturated heterocycles. The van der Waals surface area contributed by atoms with E-state index in [1.54, 1.807) is 6.20 Å². The average molecular weight is 545 g/mol. The van der Waals surface area contributed by atoms with E-state index in [1.165, 1.54) is 42.8 Å². The highest BCUT2D eigenvalue weighted by atomic mass is 19.1. The summed E-state index contributed by atoms with van der Waals surface area (Å²) in [6, 6.07) is 5.91. The number of hydrogen-bond acceptors (Lipinski definition) is 9. The Morgan fingerprint density at radius 1 is 1.12 bits per heavy atom. The second kappa shape index (κ2) is 10.1. The molecule has 5 heterocycles. The van der Waals surface area contributed by atoms with Crippen molar-refractivity contribution >= 4 is 12.1 Å². The van der Waals surface area contributed by atoms with Crippen LogP contribution in [0, 0.1) is 17.2 Å². The van der Waals surface area contributed by atoms with Crippen LogP contribution in [0.5, 0.6) is 17.2 Å². The maximum atomic E-state index is 13.6. The molecule has 0 atom stereocenters. The van der Waals surface area contributed by atoms with Crippen LogP contribution in [0.2, 0.25) is 0 Å². The number of halogens is 1. The van der Waals surface area contributed by atoms with Crippen molar-refractivity contribution in [2.45, 2.75) is 31.9 Å². The number of pyridine rings is 1. The largest absolute Gasteiger partial charge is 0.490 e. The fourth-order valence-corrected chi connectivity index (χ4v) is 6.83. The first kappa shape index (κ1) is 25.3. The zero-order chi connectivity index (χ0) is 27.3. The molecule has 4 aliphatic rings. The molecule has 1 aliphatic carbocycles. The van der Waals surface area contributed by atoms with Gasteiger partial charge in [0.05, 0.1) is 11.8 Å². The summed E-state index contributed by atoms with van der Waals surface area (Å²) in [4.78, 5) is 31.7. The molecule has 10 heteroatoms. The molecule has 1 spiro atoms. The fourth-order valence-electron chi connectivity index (χ4n) is 6.83. The van der Waals surface area contributed by atoms with Crippen molar-refractivity contribution in [3.8, 4) is 17.2 Å². The number of nitrogens with zero attached hydrogens (tertiary/aromatic N) is 6. The molecule has 208 valence electrons. The SMILES string of the molecule is CN1CC(CN2CCc3nccc(OC4CC5(C4)CN(c4ncncc4Oc4ccc(F)cc4C=O)C5)c3C2)C1. The Labute approximate surface area is 232 Å². The van der Waals surface area contributed by atoms with Gasteiger partial charge >= 0.3 is 0 Å². The van der Waals surface area contributed by atoms with Gasteiger partial charge in [-0.15, -0.1) is 0 Å². The van der Waals surface area contributed by atoms with E-state index in [0.717, 1.165) is 69.7 Å². The van der Waals surface area contributed by atoms with Gasteiger partial charge in [-0.3, -0.25) is 14.7 Å². The third-order valence-corrected chi connectivity index (χ3v) is 8.75. The number of fused-ring (bicyclic) bond motifs is 1. The van der Waals surface area contributed by atoms with Crippen LogP contribution in [0.25, 0.3) is 0 Å². The highest BCUT2D eigenvalue weighted by Gasteiger charge is 2.54. The Balaban J connectivity index is 0.965. The number of benzene rings is 1. The molecule has 3 aromatic rings. The van der Waals surface area contributed by atoms with Crippen LogP contribution < -0.4 is 14.4 Å². The summed E-state index contributed by atoms with van der Waals surface area (Å²) in [6.45, 7) is 7.21. The molecular formula is C30H33FN6O3. The maximum absolute atomic E-state index is 13.6. The van der Waals surface area contributed by atoms with Crippen molar-refractivity contribution in [1.82, 2.24) is 24.8 Å². The molecule has 9 nitrogen and oxygen atoms in total. The minimum atomic E-state index is -0.489. The third kappa shape index (κ3) is 4.79. The number of carbonyl (C=O) groups excluding carboxylic acids is 1. The summed E-state index contributed by atoms with van der Waals surface area (Å²) in [5, 5.41) is 0. The predicted octanol–water partition coefficient (Wildman–Crippen LogP) is 3.58. The van der Waals surface area contributed by atoms with Gasteiger partial charge in [-0.1, -0.05) is 0 Å². The molecular weight excluding hydrogens is 511 g/mol. The number of anilines is 1. The smallest absolute Gasteiger partial charge is 0.188 e. The molecule has 1 saturated carbocycles. The Hall–Kier alpha value is -3.63. The number of carbonyl (C=O) groups is 1. The van der Waals surface area contributed by atoms with E-state index in [9.17, 15) is 9.18 Å². The number of ether oxygens (including phenoxy) is 2. The summed E-state index contributed by atoms with van der Waals surface area (Å²) in [6.07, 6.45) is 8.70. The second-order valence-electron chi connectivity index (χ2n) is 11.9. The number of hydrogen-bond donors (Lipinski definition) is 0. The Morgan fingerprint density at radius 2 is 1.98 bits per heavy atom. The molecule has 0 radical (unpaired) electrons. The van der Waals surface area contributed by atoms with E-state index >= 15 is 0 Å². The zero-order valence-corrected chi connectivity index (χ0v) is 22.6. The van der Waals surface area contributed by atoms with Gasteiger partial charge in [0.15, 0.2) is 17.9 Å². The molecule has 1 aromatic carbocycles. The van der Waals surface area contributed by atoms with E-state index in [0.29, 0.717) is 17.9 Å². The van der Waals surface area contributed by atoms with Gasteiger partial charge in [-0.2, -0.15) is 0 Å². The summed E-state index contributed by atoms with van der Waals surface area (Å²) >= 11 is 0. The molecule has 0 unspecified atom stereocenters. The lowest BCUT2D eigenvalue weighted by Crippen LogP contribution is -2.65. The van der Waals surface area contributed by atoms with Crippen LogP contribution in [0.4, 0.5) is 10.2 Å². The average Bonchev–Trinajstić information content (AvgIpc) is 2.90. The summed E-state index contributed by atoms with van der Waals surface area (Å²) in [7, 11) is 2.18. The van der Waals surface area contributed by atoms with Crippen molar-refractivity contribution in [2.75, 3.05) is 51.2 Å². The molecule has 40 heavy (non-hydrogen) atoms. The topological polar surface area (TPSA) is 83.9 Å². The molecule has 3 aliphatic heterocycles. The lowest BCUT2D eigenvalue weighted by Gasteiger charge is -2.59. The molecule has 0 amide bonds. The molecule has 0 bridgehead atoms. The first-order valence-corrected chi connectivity index (χ1v) is 14.0. The van der Waals surface area contributed by atoms with Crippen LogP contribution in [-0.4, -0.2) is 83.5 Å². The number of aldehydes is 1. The Kier molecular flexibility index (Phi) is 6.39. The van der Waals surface area contributed by atoms with E-state index in [4.69, 9.17) is 9.47 Å². The minimum Gasteiger partial charge on any atom is -0.490 e. The van der Waals surface area contributed by atoms with Gasteiger partial charge in [0.25, 0.3) is 0 Å². The quantitative estimate of drug-likeness (QED) is 0.395. The monoisotopic (exact) mass is 544 g/mol. The normalized spacial score (nSPS) is 20.8. The lowest BCUT2D eigenvalue weighted by molar-refractivity contribution is -0.0353. The van der Waals surface area contributed by atoms with Crippen LogP contribution in [0.3, 0.4) is 0 Å². The highest BCUT2D eigenvalue weighted by Crippen LogP contribution is 2.52. The standard InChI is InChI=1S/C30H33FN6O3/c1-35-12-20(13-35)14-36-7-5-25-24(15-36)27(4-6-33-25)39-23-9-30(10-23)17-37(18-30)29-28(11-32-19-34-29)40-26-3-2-22(31)8-21(26)16-38/h2-4,6,8,11,16,19-20,23H,5,7,9-10,12-15,17-18H2,1H3. The van der Waals surface area contributed by atoms with Gasteiger partial charge in [0.2, 0.25) is 0 Å². The Morgan fingerprint density at radius 3 is 2.77 bits per heavy atom. The van der Waals surface area contributed by atoms with E-state index in [1.807, 2.05) is 12.3 Å². The van der Waals surface area contributed by atoms with Gasteiger partial charge in [0, 0.05) is 75.1 Å². The number of likely N-dealkylation sites (tertiary alicyclic amines) is 1. The van der Waals surface area contributed by atoms with Crippen molar-refractivity contribution in [1.29, 1.82) is 0 Å². The van der Waals surface area contributed by atoms with E-state index in [2.05, 4.69) is 36.7 Å². The first-order chi connectivity index (χ1) is 19.5. The van der Waals surface area contributed by atoms with Crippen LogP contribution >= 0.6 is 0 Å². The molecule has 7 rings (SSSR count). The number of rotatable bonds is 8. The van der Waals surface area contributed by atoms with Crippen LogP contribution in [0.15, 0.2) is 43.0 Å². The van der Waals surface area contributed by atoms with Crippen molar-refractivity contribution < 1.29 is 18.7 Å². The maximum Gasteiger partial charge on any atom is 0.188 e. The Bertz CT molecular complexity index is 1420. The molecule has 2 aromatic heterocycles. The second-order valence-corrected chi connectivity index (χ2v) is 11.9. The zero-order valence-electron chi connectivity index (χ0n) is 22.6. The van der Waals surface area contributed by atoms with Gasteiger partial charge in [-0.25, -0.2) is 14.4 Å². The summed E-state index contributed by atoms with van der Waals surface area (Å²) in [5.41, 5.74) is 2.78. The molecule has 3 fully saturated rings. The fraction of sp³-hybridized carbons (Fsp3) is 0.467. The van der Waals surface area contributed by atoms with Crippen molar-refractivity contribution in [3.63, 3.8) is 0 Å². The van der Waals surface area contributed by atoms with Crippen molar-refractivity contribution in [2.24, 2.45) is 11.3 Å². The van der Waals surface area contributed by atoms with Gasteiger partial charge in [-0.05, 0) is 50.1 Å². The summed E-state index contributed by atoms with van der Waals surface area (Å²) in [5.74, 6) is 2.67. The highest BCUT2D eigenvalue weighted by molar-refractivity contribution is 5.79. The number of aromatic nitrogens is 3. The van der Waals surface area contributed by atoms with Gasteiger partial charge < -0.3 is 19.3 Å². The van der Waals surface area contributed by atoms with Crippen LogP contribution in [0.1, 0.15) is 34.5 Å².